The average Bonchev–Trinajstić information content (AvgIpc) is 3.30. The van der Waals surface area contributed by atoms with Crippen LogP contribution in [0.15, 0.2) is 47.4 Å². The monoisotopic (exact) mass is 459 g/mol. The van der Waals surface area contributed by atoms with Crippen LogP contribution in [0.2, 0.25) is 0 Å². The Bertz CT molecular complexity index is 993. The molecule has 1 aliphatic rings. The van der Waals surface area contributed by atoms with Gasteiger partial charge in [0.1, 0.15) is 5.75 Å². The van der Waals surface area contributed by atoms with Crippen LogP contribution in [-0.2, 0) is 16.1 Å². The zero-order chi connectivity index (χ0) is 23.1. The summed E-state index contributed by atoms with van der Waals surface area (Å²) in [6, 6.07) is 11.5. The maximum atomic E-state index is 13.1. The number of carbonyl (C=O) groups excluding carboxylic acids is 2. The van der Waals surface area contributed by atoms with Gasteiger partial charge in [0.15, 0.2) is 0 Å². The number of benzene rings is 2. The van der Waals surface area contributed by atoms with Gasteiger partial charge in [0.05, 0.1) is 28.8 Å². The normalized spacial score (nSPS) is 15.3. The second-order valence-electron chi connectivity index (χ2n) is 7.31. The lowest BCUT2D eigenvalue weighted by atomic mass is 10.1. The van der Waals surface area contributed by atoms with Crippen LogP contribution in [0.4, 0.5) is 5.69 Å². The summed E-state index contributed by atoms with van der Waals surface area (Å²) in [6.45, 7) is 1.45. The lowest BCUT2D eigenvalue weighted by molar-refractivity contribution is -0.387. The third-order valence-corrected chi connectivity index (χ3v) is 6.19. The van der Waals surface area contributed by atoms with E-state index in [1.807, 2.05) is 24.3 Å². The van der Waals surface area contributed by atoms with Crippen LogP contribution in [0.5, 0.6) is 5.75 Å². The summed E-state index contributed by atoms with van der Waals surface area (Å²) in [6.07, 6.45) is 1.79. The molecule has 1 unspecified atom stereocenters. The Kier molecular flexibility index (Phi) is 8.07. The first-order valence-corrected chi connectivity index (χ1v) is 11.1. The molecule has 0 radical (unpaired) electrons. The maximum absolute atomic E-state index is 13.1. The first-order valence-electron chi connectivity index (χ1n) is 10.1. The fourth-order valence-electron chi connectivity index (χ4n) is 3.49. The largest absolute Gasteiger partial charge is 0.496 e. The second kappa shape index (κ2) is 11.0. The predicted octanol–water partition coefficient (Wildman–Crippen LogP) is 3.00. The minimum atomic E-state index is -0.750. The third-order valence-electron chi connectivity index (χ3n) is 5.15. The number of hydrogen-bond acceptors (Lipinski definition) is 7. The molecular formula is C22H25N3O6S. The van der Waals surface area contributed by atoms with Crippen molar-refractivity contribution < 1.29 is 24.0 Å². The van der Waals surface area contributed by atoms with Crippen molar-refractivity contribution in [2.24, 2.45) is 5.73 Å². The van der Waals surface area contributed by atoms with Gasteiger partial charge < -0.3 is 20.1 Å². The molecule has 1 aliphatic heterocycles. The van der Waals surface area contributed by atoms with Crippen LogP contribution in [-0.4, -0.2) is 53.8 Å². The quantitative estimate of drug-likeness (QED) is 0.329. The van der Waals surface area contributed by atoms with Crippen LogP contribution in [0, 0.1) is 10.1 Å². The van der Waals surface area contributed by atoms with E-state index in [4.69, 9.17) is 15.2 Å². The summed E-state index contributed by atoms with van der Waals surface area (Å²) in [5.74, 6) is -0.244. The lowest BCUT2D eigenvalue weighted by Gasteiger charge is -2.26. The summed E-state index contributed by atoms with van der Waals surface area (Å²) in [5.41, 5.74) is 5.87. The van der Waals surface area contributed by atoms with Crippen molar-refractivity contribution in [3.05, 3.63) is 63.7 Å². The molecule has 0 aliphatic carbocycles. The molecule has 10 heteroatoms. The van der Waals surface area contributed by atoms with E-state index >= 15 is 0 Å². The summed E-state index contributed by atoms with van der Waals surface area (Å²) in [7, 11) is 1.58. The fourth-order valence-corrected chi connectivity index (χ4v) is 4.40. The highest BCUT2D eigenvalue weighted by molar-refractivity contribution is 8.00. The lowest BCUT2D eigenvalue weighted by Crippen LogP contribution is -2.38. The number of carbonyl (C=O) groups is 2. The van der Waals surface area contributed by atoms with Gasteiger partial charge in [0.25, 0.3) is 5.69 Å². The summed E-state index contributed by atoms with van der Waals surface area (Å²) >= 11 is 1.05. The number of nitrogens with two attached hydrogens (primary N) is 1. The Morgan fingerprint density at radius 1 is 1.31 bits per heavy atom. The van der Waals surface area contributed by atoms with Crippen LogP contribution >= 0.6 is 11.8 Å². The zero-order valence-corrected chi connectivity index (χ0v) is 18.5. The number of primary amides is 1. The highest BCUT2D eigenvalue weighted by atomic mass is 32.2. The van der Waals surface area contributed by atoms with E-state index in [1.54, 1.807) is 12.0 Å². The molecule has 2 amide bonds. The molecule has 32 heavy (non-hydrogen) atoms. The number of rotatable bonds is 10. The molecule has 170 valence electrons. The minimum Gasteiger partial charge on any atom is -0.496 e. The molecule has 0 saturated carbocycles. The van der Waals surface area contributed by atoms with E-state index in [0.29, 0.717) is 30.3 Å². The molecule has 0 spiro atoms. The molecule has 2 aromatic carbocycles. The van der Waals surface area contributed by atoms with E-state index in [0.717, 1.165) is 36.2 Å². The van der Waals surface area contributed by atoms with Gasteiger partial charge in [-0.3, -0.25) is 19.7 Å². The molecule has 0 aromatic heterocycles. The standard InChI is InChI=1S/C22H25N3O6S/c1-30-19-7-3-2-5-16(19)12-24(13-17-6-4-10-31-17)21(26)14-32-20-9-8-15(22(23)27)11-18(20)25(28)29/h2-3,5,7-9,11,17H,4,6,10,12-14H2,1H3,(H2,23,27). The van der Waals surface area contributed by atoms with Gasteiger partial charge in [-0.15, -0.1) is 11.8 Å². The van der Waals surface area contributed by atoms with E-state index in [2.05, 4.69) is 0 Å². The molecule has 2 N–H and O–H groups in total. The van der Waals surface area contributed by atoms with Crippen LogP contribution in [0.3, 0.4) is 0 Å². The van der Waals surface area contributed by atoms with Gasteiger partial charge in [-0.2, -0.15) is 0 Å². The molecule has 1 fully saturated rings. The van der Waals surface area contributed by atoms with Gasteiger partial charge in [0, 0.05) is 36.9 Å². The number of para-hydroxylation sites is 1. The predicted molar refractivity (Wildman–Crippen MR) is 120 cm³/mol. The number of thioether (sulfide) groups is 1. The minimum absolute atomic E-state index is 0.00136. The summed E-state index contributed by atoms with van der Waals surface area (Å²) < 4.78 is 11.1. The van der Waals surface area contributed by atoms with Gasteiger partial charge in [-0.25, -0.2) is 0 Å². The maximum Gasteiger partial charge on any atom is 0.283 e. The number of amides is 2. The van der Waals surface area contributed by atoms with Gasteiger partial charge >= 0.3 is 0 Å². The van der Waals surface area contributed by atoms with Gasteiger partial charge in [-0.1, -0.05) is 18.2 Å². The molecular weight excluding hydrogens is 434 g/mol. The van der Waals surface area contributed by atoms with Gasteiger partial charge in [0.2, 0.25) is 11.8 Å². The number of nitro benzene ring substituents is 1. The molecule has 2 aromatic rings. The Balaban J connectivity index is 1.76. The van der Waals surface area contributed by atoms with Crippen molar-refractivity contribution >= 4 is 29.3 Å². The van der Waals surface area contributed by atoms with Crippen molar-refractivity contribution in [3.8, 4) is 5.75 Å². The summed E-state index contributed by atoms with van der Waals surface area (Å²) in [5, 5.41) is 11.4. The Morgan fingerprint density at radius 3 is 2.75 bits per heavy atom. The summed E-state index contributed by atoms with van der Waals surface area (Å²) in [4.78, 5) is 37.3. The van der Waals surface area contributed by atoms with Crippen molar-refractivity contribution in [2.45, 2.75) is 30.4 Å². The smallest absolute Gasteiger partial charge is 0.283 e. The fraction of sp³-hybridized carbons (Fsp3) is 0.364. The van der Waals surface area contributed by atoms with Crippen molar-refractivity contribution in [1.29, 1.82) is 0 Å². The van der Waals surface area contributed by atoms with Crippen LogP contribution in [0.25, 0.3) is 0 Å². The highest BCUT2D eigenvalue weighted by Gasteiger charge is 2.25. The Labute approximate surface area is 190 Å². The van der Waals surface area contributed by atoms with Crippen molar-refractivity contribution in [1.82, 2.24) is 4.90 Å². The third kappa shape index (κ3) is 5.98. The van der Waals surface area contributed by atoms with E-state index in [1.165, 1.54) is 12.1 Å². The van der Waals surface area contributed by atoms with E-state index in [9.17, 15) is 19.7 Å². The molecule has 0 bridgehead atoms. The molecule has 3 rings (SSSR count). The first kappa shape index (κ1) is 23.6. The second-order valence-corrected chi connectivity index (χ2v) is 8.33. The molecule has 1 heterocycles. The number of methoxy groups -OCH3 is 1. The van der Waals surface area contributed by atoms with Crippen LogP contribution < -0.4 is 10.5 Å². The molecule has 1 saturated heterocycles. The zero-order valence-electron chi connectivity index (χ0n) is 17.7. The molecule has 1 atom stereocenters. The van der Waals surface area contributed by atoms with Crippen molar-refractivity contribution in [2.75, 3.05) is 26.0 Å². The van der Waals surface area contributed by atoms with E-state index < -0.39 is 10.8 Å². The number of nitrogens with zero attached hydrogens (tertiary/aromatic N) is 2. The van der Waals surface area contributed by atoms with Crippen LogP contribution in [0.1, 0.15) is 28.8 Å². The Morgan fingerprint density at radius 2 is 2.09 bits per heavy atom. The van der Waals surface area contributed by atoms with Crippen molar-refractivity contribution in [3.63, 3.8) is 0 Å². The number of nitro groups is 1. The SMILES string of the molecule is COc1ccccc1CN(CC1CCCO1)C(=O)CSc1ccc(C(N)=O)cc1[N+](=O)[O-]. The topological polar surface area (TPSA) is 125 Å². The Hall–Kier alpha value is -3.11. The molecule has 9 nitrogen and oxygen atoms in total. The number of hydrogen-bond donors (Lipinski definition) is 1. The average molecular weight is 460 g/mol. The number of ether oxygens (including phenoxy) is 2. The van der Waals surface area contributed by atoms with Gasteiger partial charge in [-0.05, 0) is 31.0 Å². The highest BCUT2D eigenvalue weighted by Crippen LogP contribution is 2.31. The first-order chi connectivity index (χ1) is 15.4. The van der Waals surface area contributed by atoms with E-state index in [-0.39, 0.29) is 29.0 Å².